The van der Waals surface area contributed by atoms with Crippen molar-refractivity contribution in [1.82, 2.24) is 4.98 Å². The molecule has 0 fully saturated rings. The van der Waals surface area contributed by atoms with Gasteiger partial charge in [-0.3, -0.25) is 4.79 Å². The van der Waals surface area contributed by atoms with Gasteiger partial charge in [-0.2, -0.15) is 0 Å². The summed E-state index contributed by atoms with van der Waals surface area (Å²) in [5, 5.41) is 10.1. The number of carbonyl (C=O) groups is 1. The molecule has 1 atom stereocenters. The lowest BCUT2D eigenvalue weighted by Gasteiger charge is -2.16. The van der Waals surface area contributed by atoms with Crippen molar-refractivity contribution in [2.24, 2.45) is 5.73 Å². The van der Waals surface area contributed by atoms with Crippen molar-refractivity contribution >= 4 is 38.3 Å². The lowest BCUT2D eigenvalue weighted by molar-refractivity contribution is -0.138. The van der Waals surface area contributed by atoms with Crippen LogP contribution in [0.3, 0.4) is 0 Å². The monoisotopic (exact) mass is 484 g/mol. The molecule has 0 saturated heterocycles. The number of H-pyrrole nitrogens is 1. The number of nitrogens with one attached hydrogen (secondary N) is 1. The van der Waals surface area contributed by atoms with Gasteiger partial charge in [-0.1, -0.05) is 23.7 Å². The zero-order valence-electron chi connectivity index (χ0n) is 17.8. The number of benzene rings is 3. The van der Waals surface area contributed by atoms with Crippen LogP contribution in [-0.2, 0) is 14.6 Å². The number of aryl methyl sites for hydroxylation is 2. The Hall–Kier alpha value is -3.33. The number of ether oxygens (including phenoxy) is 1. The number of halogens is 1. The Labute approximate surface area is 195 Å². The van der Waals surface area contributed by atoms with Crippen LogP contribution in [0.4, 0.5) is 0 Å². The molecule has 4 rings (SSSR count). The van der Waals surface area contributed by atoms with E-state index in [0.717, 1.165) is 0 Å². The topological polar surface area (TPSA) is 122 Å². The van der Waals surface area contributed by atoms with E-state index in [9.17, 15) is 18.3 Å². The summed E-state index contributed by atoms with van der Waals surface area (Å²) in [6.45, 7) is 3.59. The van der Waals surface area contributed by atoms with Crippen LogP contribution in [-0.4, -0.2) is 24.5 Å². The summed E-state index contributed by atoms with van der Waals surface area (Å²) in [5.41, 5.74) is 8.28. The van der Waals surface area contributed by atoms with Crippen LogP contribution in [0.15, 0.2) is 70.6 Å². The average Bonchev–Trinajstić information content (AvgIpc) is 3.20. The summed E-state index contributed by atoms with van der Waals surface area (Å²) in [4.78, 5) is 14.5. The standard InChI is InChI=1S/C24H21ClN2O5S/c1-13-9-15(22(26)24(28)29)10-14(2)23(13)32-17-5-8-20-19(11-17)21(12-27-20)33(30,31)18-6-3-16(25)4-7-18/h3-12,22,27H,26H2,1-2H3,(H,28,29)/t22-/m1/s1. The Morgan fingerprint density at radius 1 is 1.06 bits per heavy atom. The first-order chi connectivity index (χ1) is 15.6. The third-order valence-corrected chi connectivity index (χ3v) is 7.42. The smallest absolute Gasteiger partial charge is 0.325 e. The number of carboxylic acids is 1. The zero-order valence-corrected chi connectivity index (χ0v) is 19.4. The summed E-state index contributed by atoms with van der Waals surface area (Å²) in [6.07, 6.45) is 1.46. The molecule has 33 heavy (non-hydrogen) atoms. The largest absolute Gasteiger partial charge is 0.480 e. The van der Waals surface area contributed by atoms with Crippen molar-refractivity contribution in [3.63, 3.8) is 0 Å². The predicted molar refractivity (Wildman–Crippen MR) is 126 cm³/mol. The minimum absolute atomic E-state index is 0.126. The van der Waals surface area contributed by atoms with Gasteiger partial charge in [-0.25, -0.2) is 8.42 Å². The fraction of sp³-hybridized carbons (Fsp3) is 0.125. The molecule has 1 aromatic heterocycles. The van der Waals surface area contributed by atoms with Gasteiger partial charge in [0.15, 0.2) is 0 Å². The number of fused-ring (bicyclic) bond motifs is 1. The number of aromatic amines is 1. The Kier molecular flexibility index (Phi) is 5.92. The molecular formula is C24H21ClN2O5S. The first kappa shape index (κ1) is 22.8. The molecule has 0 bridgehead atoms. The Bertz CT molecular complexity index is 1450. The van der Waals surface area contributed by atoms with Crippen LogP contribution in [0.1, 0.15) is 22.7 Å². The molecule has 0 unspecified atom stereocenters. The van der Waals surface area contributed by atoms with E-state index in [1.54, 1.807) is 44.2 Å². The molecule has 4 N–H and O–H groups in total. The summed E-state index contributed by atoms with van der Waals surface area (Å²) in [6, 6.07) is 13.3. The maximum absolute atomic E-state index is 13.2. The molecule has 0 aliphatic rings. The highest BCUT2D eigenvalue weighted by Gasteiger charge is 2.23. The van der Waals surface area contributed by atoms with Gasteiger partial charge in [-0.15, -0.1) is 0 Å². The highest BCUT2D eigenvalue weighted by atomic mass is 35.5. The molecule has 7 nitrogen and oxygen atoms in total. The predicted octanol–water partition coefficient (Wildman–Crippen LogP) is 5.15. The average molecular weight is 485 g/mol. The quantitative estimate of drug-likeness (QED) is 0.348. The number of rotatable bonds is 6. The van der Waals surface area contributed by atoms with Crippen LogP contribution >= 0.6 is 11.6 Å². The molecular weight excluding hydrogens is 464 g/mol. The lowest BCUT2D eigenvalue weighted by atomic mass is 10.0. The second-order valence-electron chi connectivity index (χ2n) is 7.72. The normalized spacial score (nSPS) is 12.6. The summed E-state index contributed by atoms with van der Waals surface area (Å²) in [5.74, 6) is -0.126. The summed E-state index contributed by atoms with van der Waals surface area (Å²) >= 11 is 5.89. The fourth-order valence-corrected chi connectivity index (χ4v) is 5.23. The van der Waals surface area contributed by atoms with E-state index in [4.69, 9.17) is 22.1 Å². The van der Waals surface area contributed by atoms with Gasteiger partial charge in [0.25, 0.3) is 0 Å². The van der Waals surface area contributed by atoms with Gasteiger partial charge in [0.2, 0.25) is 9.84 Å². The van der Waals surface area contributed by atoms with Crippen LogP contribution in [0, 0.1) is 13.8 Å². The van der Waals surface area contributed by atoms with Crippen molar-refractivity contribution in [2.75, 3.05) is 0 Å². The van der Waals surface area contributed by atoms with Gasteiger partial charge in [-0.05, 0) is 73.0 Å². The number of hydrogen-bond acceptors (Lipinski definition) is 5. The molecule has 4 aromatic rings. The number of carboxylic acid groups (broad SMARTS) is 1. The maximum Gasteiger partial charge on any atom is 0.325 e. The minimum atomic E-state index is -3.78. The second-order valence-corrected chi connectivity index (χ2v) is 10.1. The molecule has 0 spiro atoms. The van der Waals surface area contributed by atoms with Crippen molar-refractivity contribution in [3.8, 4) is 11.5 Å². The molecule has 3 aromatic carbocycles. The SMILES string of the molecule is Cc1cc([C@@H](N)C(=O)O)cc(C)c1Oc1ccc2[nH]cc(S(=O)(=O)c3ccc(Cl)cc3)c2c1. The van der Waals surface area contributed by atoms with E-state index >= 15 is 0 Å². The number of nitrogens with two attached hydrogens (primary N) is 1. The van der Waals surface area contributed by atoms with E-state index in [0.29, 0.717) is 44.1 Å². The number of aromatic nitrogens is 1. The summed E-state index contributed by atoms with van der Waals surface area (Å²) < 4.78 is 32.5. The van der Waals surface area contributed by atoms with Crippen molar-refractivity contribution < 1.29 is 23.1 Å². The van der Waals surface area contributed by atoms with Crippen LogP contribution in [0.5, 0.6) is 11.5 Å². The number of sulfone groups is 1. The molecule has 0 aliphatic carbocycles. The highest BCUT2D eigenvalue weighted by Crippen LogP contribution is 2.35. The van der Waals surface area contributed by atoms with Gasteiger partial charge < -0.3 is 20.6 Å². The minimum Gasteiger partial charge on any atom is -0.480 e. The van der Waals surface area contributed by atoms with E-state index in [-0.39, 0.29) is 9.79 Å². The van der Waals surface area contributed by atoms with Crippen molar-refractivity contribution in [2.45, 2.75) is 29.7 Å². The van der Waals surface area contributed by atoms with E-state index in [1.807, 2.05) is 0 Å². The first-order valence-electron chi connectivity index (χ1n) is 9.97. The Balaban J connectivity index is 1.73. The lowest BCUT2D eigenvalue weighted by Crippen LogP contribution is -2.20. The molecule has 0 amide bonds. The Morgan fingerprint density at radius 3 is 2.30 bits per heavy atom. The summed E-state index contributed by atoms with van der Waals surface area (Å²) in [7, 11) is -3.78. The molecule has 1 heterocycles. The van der Waals surface area contributed by atoms with Crippen molar-refractivity contribution in [3.05, 3.63) is 82.5 Å². The van der Waals surface area contributed by atoms with Crippen LogP contribution in [0.2, 0.25) is 5.02 Å². The van der Waals surface area contributed by atoms with E-state index < -0.39 is 21.8 Å². The molecule has 0 aliphatic heterocycles. The highest BCUT2D eigenvalue weighted by molar-refractivity contribution is 7.91. The molecule has 0 radical (unpaired) electrons. The molecule has 170 valence electrons. The molecule has 0 saturated carbocycles. The number of aliphatic carboxylic acids is 1. The van der Waals surface area contributed by atoms with Crippen molar-refractivity contribution in [1.29, 1.82) is 0 Å². The van der Waals surface area contributed by atoms with E-state index in [2.05, 4.69) is 4.98 Å². The Morgan fingerprint density at radius 2 is 1.70 bits per heavy atom. The third-order valence-electron chi connectivity index (χ3n) is 5.36. The zero-order chi connectivity index (χ0) is 23.9. The van der Waals surface area contributed by atoms with E-state index in [1.165, 1.54) is 30.5 Å². The second kappa shape index (κ2) is 8.55. The van der Waals surface area contributed by atoms with Gasteiger partial charge in [0, 0.05) is 22.1 Å². The number of hydrogen-bond donors (Lipinski definition) is 3. The fourth-order valence-electron chi connectivity index (χ4n) is 3.69. The van der Waals surface area contributed by atoms with Crippen LogP contribution in [0.25, 0.3) is 10.9 Å². The van der Waals surface area contributed by atoms with Crippen LogP contribution < -0.4 is 10.5 Å². The van der Waals surface area contributed by atoms with Gasteiger partial charge in [0.05, 0.1) is 9.79 Å². The van der Waals surface area contributed by atoms with Gasteiger partial charge >= 0.3 is 5.97 Å². The third kappa shape index (κ3) is 4.32. The van der Waals surface area contributed by atoms with Gasteiger partial charge in [0.1, 0.15) is 17.5 Å². The first-order valence-corrected chi connectivity index (χ1v) is 11.8. The maximum atomic E-state index is 13.2. The molecule has 9 heteroatoms.